The Morgan fingerprint density at radius 3 is 2.39 bits per heavy atom. The molecule has 2 amide bonds. The average Bonchev–Trinajstić information content (AvgIpc) is 3.28. The number of hydrogen-bond acceptors (Lipinski definition) is 3. The zero-order chi connectivity index (χ0) is 16.8. The van der Waals surface area contributed by atoms with Crippen LogP contribution in [-0.4, -0.2) is 91.6 Å². The molecule has 1 unspecified atom stereocenters. The Kier molecular flexibility index (Phi) is 4.38. The molecular weight excluding hydrogens is 288 g/mol. The number of rotatable bonds is 2. The van der Waals surface area contributed by atoms with E-state index in [0.717, 1.165) is 32.0 Å². The van der Waals surface area contributed by atoms with Gasteiger partial charge in [-0.2, -0.15) is 0 Å². The van der Waals surface area contributed by atoms with E-state index in [0.29, 0.717) is 0 Å². The first-order valence-corrected chi connectivity index (χ1v) is 9.15. The van der Waals surface area contributed by atoms with E-state index in [-0.39, 0.29) is 17.0 Å². The van der Waals surface area contributed by atoms with Crippen LogP contribution in [0, 0.1) is 11.3 Å². The molecular formula is C18H34N4O. The lowest BCUT2D eigenvalue weighted by molar-refractivity contribution is -0.109. The highest BCUT2D eigenvalue weighted by Gasteiger charge is 2.55. The summed E-state index contributed by atoms with van der Waals surface area (Å²) in [5, 5.41) is 0. The molecule has 2 saturated heterocycles. The zero-order valence-electron chi connectivity index (χ0n) is 15.6. The fourth-order valence-electron chi connectivity index (χ4n) is 4.70. The third kappa shape index (κ3) is 3.10. The SMILES string of the molecule is CN1CCN(CC2CC2)C2(CCN(C(=O)N(C)C)CC2(C)C)C1. The molecule has 23 heavy (non-hydrogen) atoms. The van der Waals surface area contributed by atoms with Gasteiger partial charge in [-0.3, -0.25) is 4.90 Å². The Balaban J connectivity index is 1.81. The highest BCUT2D eigenvalue weighted by Crippen LogP contribution is 2.46. The first-order chi connectivity index (χ1) is 10.7. The van der Waals surface area contributed by atoms with Gasteiger partial charge >= 0.3 is 6.03 Å². The van der Waals surface area contributed by atoms with Gasteiger partial charge in [0, 0.05) is 64.3 Å². The molecule has 1 saturated carbocycles. The van der Waals surface area contributed by atoms with Gasteiger partial charge in [0.05, 0.1) is 0 Å². The molecule has 3 aliphatic rings. The minimum atomic E-state index is 0.112. The maximum Gasteiger partial charge on any atom is 0.319 e. The van der Waals surface area contributed by atoms with E-state index < -0.39 is 0 Å². The molecule has 0 radical (unpaired) electrons. The summed E-state index contributed by atoms with van der Waals surface area (Å²) in [7, 11) is 5.96. The molecule has 3 fully saturated rings. The second-order valence-corrected chi connectivity index (χ2v) is 8.89. The Labute approximate surface area is 141 Å². The fourth-order valence-corrected chi connectivity index (χ4v) is 4.70. The lowest BCUT2D eigenvalue weighted by Gasteiger charge is -2.62. The fraction of sp³-hybridized carbons (Fsp3) is 0.944. The Morgan fingerprint density at radius 1 is 1.13 bits per heavy atom. The van der Waals surface area contributed by atoms with E-state index in [1.807, 2.05) is 14.1 Å². The number of piperazine rings is 1. The highest BCUT2D eigenvalue weighted by molar-refractivity contribution is 5.74. The van der Waals surface area contributed by atoms with E-state index in [4.69, 9.17) is 0 Å². The number of amides is 2. The van der Waals surface area contributed by atoms with Crippen LogP contribution in [0.25, 0.3) is 0 Å². The molecule has 1 aliphatic carbocycles. The van der Waals surface area contributed by atoms with Crippen molar-refractivity contribution in [2.75, 3.05) is 60.4 Å². The van der Waals surface area contributed by atoms with Gasteiger partial charge in [0.15, 0.2) is 0 Å². The van der Waals surface area contributed by atoms with Crippen molar-refractivity contribution in [3.8, 4) is 0 Å². The average molecular weight is 322 g/mol. The summed E-state index contributed by atoms with van der Waals surface area (Å²) in [6.07, 6.45) is 3.92. The van der Waals surface area contributed by atoms with Crippen LogP contribution >= 0.6 is 0 Å². The third-order valence-electron chi connectivity index (χ3n) is 6.36. The largest absolute Gasteiger partial charge is 0.331 e. The predicted octanol–water partition coefficient (Wildman–Crippen LogP) is 1.80. The van der Waals surface area contributed by atoms with Gasteiger partial charge in [-0.05, 0) is 32.2 Å². The molecule has 2 aliphatic heterocycles. The van der Waals surface area contributed by atoms with Crippen LogP contribution in [0.3, 0.4) is 0 Å². The van der Waals surface area contributed by atoms with Gasteiger partial charge in [0.2, 0.25) is 0 Å². The van der Waals surface area contributed by atoms with Gasteiger partial charge < -0.3 is 14.7 Å². The Hall–Kier alpha value is -0.810. The van der Waals surface area contributed by atoms with E-state index >= 15 is 0 Å². The first-order valence-electron chi connectivity index (χ1n) is 9.15. The normalized spacial score (nSPS) is 32.3. The summed E-state index contributed by atoms with van der Waals surface area (Å²) in [4.78, 5) is 21.5. The van der Waals surface area contributed by atoms with Gasteiger partial charge in [-0.1, -0.05) is 13.8 Å². The van der Waals surface area contributed by atoms with E-state index in [9.17, 15) is 4.79 Å². The highest BCUT2D eigenvalue weighted by atomic mass is 16.2. The minimum absolute atomic E-state index is 0.112. The standard InChI is InChI=1S/C18H34N4O/c1-17(2)13-21(16(23)19(3)4)9-8-18(17)14-20(5)10-11-22(18)12-15-6-7-15/h15H,6-14H2,1-5H3. The summed E-state index contributed by atoms with van der Waals surface area (Å²) >= 11 is 0. The molecule has 0 aromatic carbocycles. The third-order valence-corrected chi connectivity index (χ3v) is 6.36. The minimum Gasteiger partial charge on any atom is -0.331 e. The number of urea groups is 1. The van der Waals surface area contributed by atoms with Crippen LogP contribution in [-0.2, 0) is 0 Å². The van der Waals surface area contributed by atoms with Gasteiger partial charge in [0.1, 0.15) is 0 Å². The van der Waals surface area contributed by atoms with Gasteiger partial charge in [-0.25, -0.2) is 4.79 Å². The number of likely N-dealkylation sites (tertiary alicyclic amines) is 1. The van der Waals surface area contributed by atoms with Crippen LogP contribution in [0.4, 0.5) is 4.79 Å². The summed E-state index contributed by atoms with van der Waals surface area (Å²) < 4.78 is 0. The topological polar surface area (TPSA) is 30.0 Å². The van der Waals surface area contributed by atoms with Gasteiger partial charge in [0.25, 0.3) is 0 Å². The molecule has 0 N–H and O–H groups in total. The molecule has 3 rings (SSSR count). The van der Waals surface area contributed by atoms with Crippen LogP contribution in [0.5, 0.6) is 0 Å². The predicted molar refractivity (Wildman–Crippen MR) is 93.6 cm³/mol. The van der Waals surface area contributed by atoms with Crippen LogP contribution in [0.15, 0.2) is 0 Å². The maximum atomic E-state index is 12.4. The van der Waals surface area contributed by atoms with Crippen molar-refractivity contribution in [1.82, 2.24) is 19.6 Å². The summed E-state index contributed by atoms with van der Waals surface area (Å²) in [5.41, 5.74) is 0.326. The number of hydrogen-bond donors (Lipinski definition) is 0. The number of carbonyl (C=O) groups is 1. The number of carbonyl (C=O) groups excluding carboxylic acids is 1. The molecule has 0 bridgehead atoms. The smallest absolute Gasteiger partial charge is 0.319 e. The molecule has 0 aromatic rings. The molecule has 132 valence electrons. The molecule has 1 spiro atoms. The summed E-state index contributed by atoms with van der Waals surface area (Å²) in [5.74, 6) is 0.924. The second-order valence-electron chi connectivity index (χ2n) is 8.89. The molecule has 5 nitrogen and oxygen atoms in total. The van der Waals surface area contributed by atoms with E-state index in [1.54, 1.807) is 4.90 Å². The van der Waals surface area contributed by atoms with Crippen molar-refractivity contribution in [3.63, 3.8) is 0 Å². The number of piperidine rings is 1. The lowest BCUT2D eigenvalue weighted by Crippen LogP contribution is -2.73. The number of nitrogens with zero attached hydrogens (tertiary/aromatic N) is 4. The van der Waals surface area contributed by atoms with Crippen LogP contribution < -0.4 is 0 Å². The molecule has 5 heteroatoms. The van der Waals surface area contributed by atoms with Crippen molar-refractivity contribution in [2.45, 2.75) is 38.6 Å². The van der Waals surface area contributed by atoms with Crippen LogP contribution in [0.1, 0.15) is 33.1 Å². The Bertz CT molecular complexity index is 460. The quantitative estimate of drug-likeness (QED) is 0.776. The monoisotopic (exact) mass is 322 g/mol. The summed E-state index contributed by atoms with van der Waals surface area (Å²) in [6, 6.07) is 0.158. The summed E-state index contributed by atoms with van der Waals surface area (Å²) in [6.45, 7) is 11.2. The maximum absolute atomic E-state index is 12.4. The first kappa shape index (κ1) is 17.0. The molecule has 1 atom stereocenters. The second kappa shape index (κ2) is 5.92. The zero-order valence-corrected chi connectivity index (χ0v) is 15.6. The van der Waals surface area contributed by atoms with Crippen LogP contribution in [0.2, 0.25) is 0 Å². The van der Waals surface area contributed by atoms with Crippen molar-refractivity contribution in [1.29, 1.82) is 0 Å². The van der Waals surface area contributed by atoms with Gasteiger partial charge in [-0.15, -0.1) is 0 Å². The molecule has 2 heterocycles. The van der Waals surface area contributed by atoms with E-state index in [1.165, 1.54) is 32.5 Å². The number of likely N-dealkylation sites (N-methyl/N-ethyl adjacent to an activating group) is 1. The van der Waals surface area contributed by atoms with Crippen molar-refractivity contribution in [3.05, 3.63) is 0 Å². The molecule has 0 aromatic heterocycles. The van der Waals surface area contributed by atoms with E-state index in [2.05, 4.69) is 35.6 Å². The van der Waals surface area contributed by atoms with Crippen molar-refractivity contribution < 1.29 is 4.79 Å². The van der Waals surface area contributed by atoms with Crippen molar-refractivity contribution >= 4 is 6.03 Å². The Morgan fingerprint density at radius 2 is 1.83 bits per heavy atom. The lowest BCUT2D eigenvalue weighted by atomic mass is 9.65. The van der Waals surface area contributed by atoms with Crippen molar-refractivity contribution in [2.24, 2.45) is 11.3 Å².